The van der Waals surface area contributed by atoms with Gasteiger partial charge in [0.2, 0.25) is 5.91 Å². The van der Waals surface area contributed by atoms with Crippen molar-refractivity contribution in [3.8, 4) is 0 Å². The molecule has 1 aliphatic rings. The van der Waals surface area contributed by atoms with Gasteiger partial charge in [-0.15, -0.1) is 0 Å². The molecule has 0 heterocycles. The molecule has 2 N–H and O–H groups in total. The fraction of sp³-hybridized carbons (Fsp3) is 0.579. The van der Waals surface area contributed by atoms with Crippen molar-refractivity contribution < 1.29 is 9.18 Å². The van der Waals surface area contributed by atoms with Gasteiger partial charge in [-0.1, -0.05) is 12.1 Å². The van der Waals surface area contributed by atoms with Crippen molar-refractivity contribution in [2.24, 2.45) is 4.99 Å². The van der Waals surface area contributed by atoms with Gasteiger partial charge >= 0.3 is 0 Å². The van der Waals surface area contributed by atoms with Crippen LogP contribution in [0.5, 0.6) is 0 Å². The minimum absolute atomic E-state index is 0.0352. The number of amides is 1. The Kier molecular flexibility index (Phi) is 5.70. The van der Waals surface area contributed by atoms with Gasteiger partial charge in [0.1, 0.15) is 5.82 Å². The predicted molar refractivity (Wildman–Crippen MR) is 99.2 cm³/mol. The summed E-state index contributed by atoms with van der Waals surface area (Å²) in [5.74, 6) is 0.403. The molecule has 0 saturated heterocycles. The number of hydrogen-bond donors (Lipinski definition) is 2. The predicted octanol–water partition coefficient (Wildman–Crippen LogP) is 2.28. The maximum absolute atomic E-state index is 13.5. The molecule has 0 atom stereocenters. The highest BCUT2D eigenvalue weighted by atomic mass is 19.1. The van der Waals surface area contributed by atoms with E-state index in [1.54, 1.807) is 24.1 Å². The lowest BCUT2D eigenvalue weighted by molar-refractivity contribution is -0.122. The lowest BCUT2D eigenvalue weighted by atomic mass is 9.96. The smallest absolute Gasteiger partial charge is 0.240 e. The number of guanidine groups is 1. The van der Waals surface area contributed by atoms with Crippen molar-refractivity contribution in [2.75, 3.05) is 27.2 Å². The Balaban J connectivity index is 1.93. The first-order valence-corrected chi connectivity index (χ1v) is 8.64. The second-order valence-corrected chi connectivity index (χ2v) is 7.85. The second-order valence-electron chi connectivity index (χ2n) is 7.85. The van der Waals surface area contributed by atoms with Crippen molar-refractivity contribution >= 4 is 11.9 Å². The zero-order valence-electron chi connectivity index (χ0n) is 15.8. The Hall–Kier alpha value is -2.11. The average Bonchev–Trinajstić information content (AvgIpc) is 3.27. The molecule has 2 rings (SSSR count). The summed E-state index contributed by atoms with van der Waals surface area (Å²) in [6.07, 6.45) is 2.04. The highest BCUT2D eigenvalue weighted by Gasteiger charge is 2.44. The van der Waals surface area contributed by atoms with Gasteiger partial charge in [-0.05, 0) is 51.3 Å². The molecule has 25 heavy (non-hydrogen) atoms. The number of nitrogens with one attached hydrogen (secondary N) is 2. The summed E-state index contributed by atoms with van der Waals surface area (Å²) in [5.41, 5.74) is 0.722. The van der Waals surface area contributed by atoms with Gasteiger partial charge in [-0.2, -0.15) is 0 Å². The first kappa shape index (κ1) is 19.2. The molecule has 1 aliphatic carbocycles. The molecular weight excluding hydrogens is 319 g/mol. The van der Waals surface area contributed by atoms with Crippen molar-refractivity contribution in [1.29, 1.82) is 0 Å². The van der Waals surface area contributed by atoms with Crippen molar-refractivity contribution in [3.05, 3.63) is 35.6 Å². The summed E-state index contributed by atoms with van der Waals surface area (Å²) in [6.45, 7) is 6.76. The van der Waals surface area contributed by atoms with Crippen LogP contribution in [0.25, 0.3) is 0 Å². The van der Waals surface area contributed by atoms with Gasteiger partial charge in [0.05, 0.1) is 6.54 Å². The summed E-state index contributed by atoms with van der Waals surface area (Å²) < 4.78 is 13.5. The molecule has 0 radical (unpaired) electrons. The van der Waals surface area contributed by atoms with E-state index < -0.39 is 0 Å². The van der Waals surface area contributed by atoms with Gasteiger partial charge in [0.15, 0.2) is 5.96 Å². The molecule has 0 bridgehead atoms. The highest BCUT2D eigenvalue weighted by molar-refractivity contribution is 5.86. The molecule has 1 aromatic carbocycles. The molecule has 5 nitrogen and oxygen atoms in total. The van der Waals surface area contributed by atoms with Crippen molar-refractivity contribution in [3.63, 3.8) is 0 Å². The Bertz CT molecular complexity index is 647. The second kappa shape index (κ2) is 7.42. The van der Waals surface area contributed by atoms with Gasteiger partial charge in [0, 0.05) is 31.6 Å². The summed E-state index contributed by atoms with van der Waals surface area (Å²) in [4.78, 5) is 18.1. The van der Waals surface area contributed by atoms with Crippen LogP contribution >= 0.6 is 0 Å². The van der Waals surface area contributed by atoms with E-state index in [0.717, 1.165) is 18.4 Å². The van der Waals surface area contributed by atoms with Crippen LogP contribution < -0.4 is 10.6 Å². The highest BCUT2D eigenvalue weighted by Crippen LogP contribution is 2.47. The number of likely N-dealkylation sites (N-methyl/N-ethyl adjacent to an activating group) is 1. The number of aliphatic imine (C=N–C) groups is 1. The van der Waals surface area contributed by atoms with Crippen LogP contribution in [0.4, 0.5) is 4.39 Å². The summed E-state index contributed by atoms with van der Waals surface area (Å²) >= 11 is 0. The third kappa shape index (κ3) is 5.44. The molecule has 1 amide bonds. The van der Waals surface area contributed by atoms with Crippen LogP contribution in [0.15, 0.2) is 29.3 Å². The normalized spacial score (nSPS) is 16.3. The van der Waals surface area contributed by atoms with Crippen LogP contribution in [0, 0.1) is 5.82 Å². The van der Waals surface area contributed by atoms with Gasteiger partial charge in [-0.25, -0.2) is 4.39 Å². The maximum Gasteiger partial charge on any atom is 0.240 e. The number of carbonyl (C=O) groups is 1. The fourth-order valence-electron chi connectivity index (χ4n) is 2.92. The minimum Gasteiger partial charge on any atom is -0.355 e. The maximum atomic E-state index is 13.5. The SMILES string of the molecule is CN=C(NCC1(c2cccc(F)c2)CC1)N(C)CC(=O)NC(C)(C)C. The molecule has 6 heteroatoms. The van der Waals surface area contributed by atoms with E-state index in [0.29, 0.717) is 12.5 Å². The summed E-state index contributed by atoms with van der Waals surface area (Å²) in [5, 5.41) is 6.27. The van der Waals surface area contributed by atoms with Crippen LogP contribution in [-0.4, -0.2) is 49.5 Å². The third-order valence-corrected chi connectivity index (χ3v) is 4.34. The Labute approximate surface area is 149 Å². The third-order valence-electron chi connectivity index (χ3n) is 4.34. The molecule has 0 spiro atoms. The zero-order valence-corrected chi connectivity index (χ0v) is 15.8. The van der Waals surface area contributed by atoms with Crippen LogP contribution in [-0.2, 0) is 10.2 Å². The van der Waals surface area contributed by atoms with Crippen LogP contribution in [0.3, 0.4) is 0 Å². The monoisotopic (exact) mass is 348 g/mol. The molecule has 0 unspecified atom stereocenters. The number of halogens is 1. The number of hydrogen-bond acceptors (Lipinski definition) is 2. The van der Waals surface area contributed by atoms with E-state index in [9.17, 15) is 9.18 Å². The first-order valence-electron chi connectivity index (χ1n) is 8.64. The van der Waals surface area contributed by atoms with E-state index in [1.165, 1.54) is 6.07 Å². The van der Waals surface area contributed by atoms with Gasteiger partial charge < -0.3 is 15.5 Å². The van der Waals surface area contributed by atoms with Crippen molar-refractivity contribution in [2.45, 2.75) is 44.6 Å². The lowest BCUT2D eigenvalue weighted by Gasteiger charge is -2.26. The zero-order chi connectivity index (χ0) is 18.7. The molecule has 0 aromatic heterocycles. The molecule has 0 aliphatic heterocycles. The van der Waals surface area contributed by atoms with Gasteiger partial charge in [-0.3, -0.25) is 9.79 Å². The molecule has 1 fully saturated rings. The van der Waals surface area contributed by atoms with E-state index >= 15 is 0 Å². The Morgan fingerprint density at radius 3 is 2.56 bits per heavy atom. The topological polar surface area (TPSA) is 56.7 Å². The number of benzene rings is 1. The largest absolute Gasteiger partial charge is 0.355 e. The quantitative estimate of drug-likeness (QED) is 0.634. The molecule has 1 saturated carbocycles. The molecule has 138 valence electrons. The summed E-state index contributed by atoms with van der Waals surface area (Å²) in [7, 11) is 3.53. The average molecular weight is 348 g/mol. The van der Waals surface area contributed by atoms with Crippen LogP contribution in [0.1, 0.15) is 39.2 Å². The van der Waals surface area contributed by atoms with Crippen molar-refractivity contribution in [1.82, 2.24) is 15.5 Å². The first-order chi connectivity index (χ1) is 11.6. The fourth-order valence-corrected chi connectivity index (χ4v) is 2.92. The number of nitrogens with zero attached hydrogens (tertiary/aromatic N) is 2. The minimum atomic E-state index is -0.260. The number of carbonyl (C=O) groups excluding carboxylic acids is 1. The molecular formula is C19H29FN4O. The van der Waals surface area contributed by atoms with E-state index in [4.69, 9.17) is 0 Å². The van der Waals surface area contributed by atoms with E-state index in [-0.39, 0.29) is 29.2 Å². The lowest BCUT2D eigenvalue weighted by Crippen LogP contribution is -2.49. The van der Waals surface area contributed by atoms with E-state index in [2.05, 4.69) is 15.6 Å². The Morgan fingerprint density at radius 2 is 2.04 bits per heavy atom. The van der Waals surface area contributed by atoms with E-state index in [1.807, 2.05) is 33.9 Å². The van der Waals surface area contributed by atoms with Gasteiger partial charge in [0.25, 0.3) is 0 Å². The Morgan fingerprint density at radius 1 is 1.36 bits per heavy atom. The summed E-state index contributed by atoms with van der Waals surface area (Å²) in [6, 6.07) is 6.80. The molecule has 1 aromatic rings. The standard InChI is InChI=1S/C19H29FN4O/c1-18(2,3)23-16(25)12-24(5)17(21-4)22-13-19(9-10-19)14-7-6-8-15(20)11-14/h6-8,11H,9-10,12-13H2,1-5H3,(H,21,22)(H,23,25). The van der Waals surface area contributed by atoms with Crippen LogP contribution in [0.2, 0.25) is 0 Å². The number of rotatable bonds is 5.